The van der Waals surface area contributed by atoms with E-state index in [0.29, 0.717) is 30.6 Å². The highest BCUT2D eigenvalue weighted by Crippen LogP contribution is 2.07. The maximum absolute atomic E-state index is 12.2. The van der Waals surface area contributed by atoms with Crippen LogP contribution < -0.4 is 5.32 Å². The summed E-state index contributed by atoms with van der Waals surface area (Å²) in [6.07, 6.45) is 3.13. The lowest BCUT2D eigenvalue weighted by Gasteiger charge is -2.25. The number of hydrogen-bond acceptors (Lipinski definition) is 3. The maximum Gasteiger partial charge on any atom is 0.313 e. The molecule has 1 heterocycles. The van der Waals surface area contributed by atoms with Crippen LogP contribution in [0.3, 0.4) is 0 Å². The molecule has 1 aromatic rings. The fraction of sp³-hybridized carbons (Fsp3) is 0.533. The molecule has 5 nitrogen and oxygen atoms in total. The number of hydrogen-bond donors (Lipinski definition) is 1. The minimum absolute atomic E-state index is 0.323. The summed E-state index contributed by atoms with van der Waals surface area (Å²) in [5.74, 6) is -0.455. The summed E-state index contributed by atoms with van der Waals surface area (Å²) in [6.45, 7) is 9.27. The summed E-state index contributed by atoms with van der Waals surface area (Å²) < 4.78 is 0. The average molecular weight is 277 g/mol. The Labute approximate surface area is 120 Å². The number of amides is 2. The number of nitrogens with zero attached hydrogens (tertiary/aromatic N) is 2. The second kappa shape index (κ2) is 7.62. The number of carbonyl (C=O) groups is 2. The van der Waals surface area contributed by atoms with Gasteiger partial charge in [-0.25, -0.2) is 0 Å². The molecule has 0 spiro atoms. The van der Waals surface area contributed by atoms with Crippen molar-refractivity contribution in [2.45, 2.75) is 27.7 Å². The second-order valence-electron chi connectivity index (χ2n) is 5.69. The van der Waals surface area contributed by atoms with E-state index >= 15 is 0 Å². The third kappa shape index (κ3) is 5.38. The monoisotopic (exact) mass is 277 g/mol. The van der Waals surface area contributed by atoms with Crippen molar-refractivity contribution < 1.29 is 9.59 Å². The van der Waals surface area contributed by atoms with Crippen LogP contribution in [0.25, 0.3) is 0 Å². The zero-order valence-electron chi connectivity index (χ0n) is 12.6. The quantitative estimate of drug-likeness (QED) is 0.839. The van der Waals surface area contributed by atoms with E-state index in [1.807, 2.05) is 27.7 Å². The molecule has 1 aromatic heterocycles. The van der Waals surface area contributed by atoms with E-state index in [2.05, 4.69) is 10.3 Å². The highest BCUT2D eigenvalue weighted by molar-refractivity contribution is 6.39. The largest absolute Gasteiger partial charge is 0.334 e. The predicted octanol–water partition coefficient (Wildman–Crippen LogP) is 2.16. The summed E-state index contributed by atoms with van der Waals surface area (Å²) in [6, 6.07) is 3.41. The molecule has 1 N–H and O–H groups in total. The summed E-state index contributed by atoms with van der Waals surface area (Å²) in [5, 5.41) is 2.58. The average Bonchev–Trinajstić information content (AvgIpc) is 2.37. The molecular weight excluding hydrogens is 254 g/mol. The highest BCUT2D eigenvalue weighted by Gasteiger charge is 2.23. The minimum Gasteiger partial charge on any atom is -0.334 e. The van der Waals surface area contributed by atoms with Crippen molar-refractivity contribution in [3.05, 3.63) is 24.5 Å². The first-order valence-corrected chi connectivity index (χ1v) is 6.90. The van der Waals surface area contributed by atoms with Crippen LogP contribution in [-0.2, 0) is 9.59 Å². The zero-order valence-corrected chi connectivity index (χ0v) is 12.6. The minimum atomic E-state index is -0.612. The fourth-order valence-electron chi connectivity index (χ4n) is 1.89. The van der Waals surface area contributed by atoms with Crippen LogP contribution >= 0.6 is 0 Å². The molecule has 0 atom stereocenters. The van der Waals surface area contributed by atoms with Gasteiger partial charge in [0, 0.05) is 19.3 Å². The van der Waals surface area contributed by atoms with E-state index in [9.17, 15) is 9.59 Å². The molecule has 5 heteroatoms. The van der Waals surface area contributed by atoms with Crippen LogP contribution in [0.1, 0.15) is 27.7 Å². The van der Waals surface area contributed by atoms with Gasteiger partial charge in [-0.05, 0) is 24.0 Å². The van der Waals surface area contributed by atoms with E-state index in [-0.39, 0.29) is 0 Å². The Morgan fingerprint density at radius 1 is 1.20 bits per heavy atom. The van der Waals surface area contributed by atoms with Gasteiger partial charge in [-0.15, -0.1) is 0 Å². The first-order valence-electron chi connectivity index (χ1n) is 6.90. The van der Waals surface area contributed by atoms with E-state index in [1.54, 1.807) is 23.2 Å². The third-order valence-electron chi connectivity index (χ3n) is 2.57. The van der Waals surface area contributed by atoms with Crippen LogP contribution in [0.15, 0.2) is 24.5 Å². The van der Waals surface area contributed by atoms with Gasteiger partial charge in [-0.2, -0.15) is 0 Å². The summed E-state index contributed by atoms with van der Waals surface area (Å²) in [4.78, 5) is 29.7. The molecule has 20 heavy (non-hydrogen) atoms. The number of anilines is 1. The number of pyridine rings is 1. The molecule has 0 aromatic carbocycles. The molecule has 0 fully saturated rings. The summed E-state index contributed by atoms with van der Waals surface area (Å²) >= 11 is 0. The highest BCUT2D eigenvalue weighted by atomic mass is 16.2. The van der Waals surface area contributed by atoms with Crippen LogP contribution in [0.2, 0.25) is 0 Å². The lowest BCUT2D eigenvalue weighted by Crippen LogP contribution is -2.43. The Morgan fingerprint density at radius 2 is 1.80 bits per heavy atom. The van der Waals surface area contributed by atoms with Gasteiger partial charge in [0.25, 0.3) is 0 Å². The first-order chi connectivity index (χ1) is 9.40. The Kier molecular flexibility index (Phi) is 6.15. The molecule has 0 radical (unpaired) electrons. The van der Waals surface area contributed by atoms with Gasteiger partial charge in [0.05, 0.1) is 11.9 Å². The van der Waals surface area contributed by atoms with Crippen molar-refractivity contribution in [2.24, 2.45) is 11.8 Å². The molecular formula is C15H23N3O2. The van der Waals surface area contributed by atoms with Crippen LogP contribution in [-0.4, -0.2) is 34.8 Å². The van der Waals surface area contributed by atoms with E-state index in [4.69, 9.17) is 0 Å². The van der Waals surface area contributed by atoms with Gasteiger partial charge < -0.3 is 10.2 Å². The molecule has 0 unspecified atom stereocenters. The topological polar surface area (TPSA) is 62.3 Å². The standard InChI is InChI=1S/C15H23N3O2/c1-11(2)9-18(10-12(3)4)15(20)14(19)17-13-6-5-7-16-8-13/h5-8,11-12H,9-10H2,1-4H3,(H,17,19). The van der Waals surface area contributed by atoms with Gasteiger partial charge in [-0.1, -0.05) is 27.7 Å². The Morgan fingerprint density at radius 3 is 2.25 bits per heavy atom. The first kappa shape index (κ1) is 16.1. The molecule has 0 aliphatic carbocycles. The Bertz CT molecular complexity index is 434. The van der Waals surface area contributed by atoms with Crippen molar-refractivity contribution in [3.8, 4) is 0 Å². The van der Waals surface area contributed by atoms with E-state index < -0.39 is 11.8 Å². The molecule has 0 aliphatic rings. The second-order valence-corrected chi connectivity index (χ2v) is 5.69. The molecule has 1 rings (SSSR count). The van der Waals surface area contributed by atoms with Gasteiger partial charge in [0.1, 0.15) is 0 Å². The third-order valence-corrected chi connectivity index (χ3v) is 2.57. The van der Waals surface area contributed by atoms with Crippen molar-refractivity contribution >= 4 is 17.5 Å². The van der Waals surface area contributed by atoms with Crippen molar-refractivity contribution in [1.82, 2.24) is 9.88 Å². The Hall–Kier alpha value is -1.91. The summed E-state index contributed by atoms with van der Waals surface area (Å²) in [7, 11) is 0. The lowest BCUT2D eigenvalue weighted by molar-refractivity contribution is -0.143. The van der Waals surface area contributed by atoms with Crippen molar-refractivity contribution in [3.63, 3.8) is 0 Å². The number of nitrogens with one attached hydrogen (secondary N) is 1. The van der Waals surface area contributed by atoms with E-state index in [1.165, 1.54) is 6.20 Å². The normalized spacial score (nSPS) is 10.7. The lowest BCUT2D eigenvalue weighted by atomic mass is 10.1. The molecule has 0 saturated heterocycles. The van der Waals surface area contributed by atoms with Gasteiger partial charge >= 0.3 is 11.8 Å². The van der Waals surface area contributed by atoms with Gasteiger partial charge in [-0.3, -0.25) is 14.6 Å². The molecule has 0 bridgehead atoms. The molecule has 0 saturated carbocycles. The van der Waals surface area contributed by atoms with Crippen LogP contribution in [0.4, 0.5) is 5.69 Å². The molecule has 110 valence electrons. The number of carbonyl (C=O) groups excluding carboxylic acids is 2. The van der Waals surface area contributed by atoms with Crippen molar-refractivity contribution in [2.75, 3.05) is 18.4 Å². The SMILES string of the molecule is CC(C)CN(CC(C)C)C(=O)C(=O)Nc1cccnc1. The molecule has 0 aliphatic heterocycles. The fourth-order valence-corrected chi connectivity index (χ4v) is 1.89. The zero-order chi connectivity index (χ0) is 15.1. The maximum atomic E-state index is 12.2. The number of aromatic nitrogens is 1. The van der Waals surface area contributed by atoms with Gasteiger partial charge in [0.15, 0.2) is 0 Å². The van der Waals surface area contributed by atoms with Crippen LogP contribution in [0, 0.1) is 11.8 Å². The van der Waals surface area contributed by atoms with Crippen molar-refractivity contribution in [1.29, 1.82) is 0 Å². The predicted molar refractivity (Wildman–Crippen MR) is 79.1 cm³/mol. The van der Waals surface area contributed by atoms with Gasteiger partial charge in [0.2, 0.25) is 0 Å². The van der Waals surface area contributed by atoms with Crippen LogP contribution in [0.5, 0.6) is 0 Å². The molecule has 2 amide bonds. The number of rotatable bonds is 5. The Balaban J connectivity index is 2.70. The summed E-state index contributed by atoms with van der Waals surface area (Å²) in [5.41, 5.74) is 0.528. The smallest absolute Gasteiger partial charge is 0.313 e. The van der Waals surface area contributed by atoms with E-state index in [0.717, 1.165) is 0 Å².